The van der Waals surface area contributed by atoms with Crippen molar-refractivity contribution >= 4 is 23.4 Å². The van der Waals surface area contributed by atoms with Crippen LogP contribution in [0.4, 0.5) is 21.0 Å². The predicted octanol–water partition coefficient (Wildman–Crippen LogP) is 13.5. The van der Waals surface area contributed by atoms with Crippen molar-refractivity contribution in [1.29, 1.82) is 0 Å². The number of anilines is 2. The first-order chi connectivity index (χ1) is 28.0. The summed E-state index contributed by atoms with van der Waals surface area (Å²) in [7, 11) is 0. The maximum atomic E-state index is 13.0. The highest BCUT2D eigenvalue weighted by Gasteiger charge is 2.11. The van der Waals surface area contributed by atoms with Gasteiger partial charge in [0.15, 0.2) is 0 Å². The molecule has 2 aromatic rings. The van der Waals surface area contributed by atoms with E-state index in [0.717, 1.165) is 48.7 Å². The number of rotatable bonds is 36. The van der Waals surface area contributed by atoms with Crippen LogP contribution in [-0.4, -0.2) is 61.4 Å². The summed E-state index contributed by atoms with van der Waals surface area (Å²) >= 11 is 0. The highest BCUT2D eigenvalue weighted by Crippen LogP contribution is 2.18. The average molecular weight is 791 g/mol. The highest BCUT2D eigenvalue weighted by molar-refractivity contribution is 5.89. The zero-order valence-electron chi connectivity index (χ0n) is 37.3. The van der Waals surface area contributed by atoms with Crippen LogP contribution in [0.1, 0.15) is 193 Å². The third-order valence-electron chi connectivity index (χ3n) is 11.0. The van der Waals surface area contributed by atoms with Crippen LogP contribution in [0.2, 0.25) is 0 Å². The van der Waals surface area contributed by atoms with Gasteiger partial charge in [-0.1, -0.05) is 180 Å². The molecule has 57 heavy (non-hydrogen) atoms. The number of benzene rings is 2. The number of hydrogen-bond acceptors (Lipinski definition) is 4. The first-order valence-electron chi connectivity index (χ1n) is 23.7. The summed E-state index contributed by atoms with van der Waals surface area (Å²) in [5.74, 6) is 0. The van der Waals surface area contributed by atoms with Gasteiger partial charge in [-0.05, 0) is 93.7 Å². The van der Waals surface area contributed by atoms with Crippen LogP contribution in [0.5, 0.6) is 0 Å². The lowest BCUT2D eigenvalue weighted by Crippen LogP contribution is -2.40. The van der Waals surface area contributed by atoms with Crippen LogP contribution < -0.4 is 21.3 Å². The van der Waals surface area contributed by atoms with Gasteiger partial charge in [0, 0.05) is 11.4 Å². The second-order valence-corrected chi connectivity index (χ2v) is 16.5. The topological polar surface area (TPSA) is 88.7 Å². The minimum Gasteiger partial charge on any atom is -0.325 e. The summed E-state index contributed by atoms with van der Waals surface area (Å²) in [5, 5.41) is 12.4. The fourth-order valence-electron chi connectivity index (χ4n) is 7.47. The van der Waals surface area contributed by atoms with Crippen molar-refractivity contribution in [2.75, 3.05) is 50.1 Å². The molecule has 0 aromatic heterocycles. The van der Waals surface area contributed by atoms with Crippen LogP contribution in [0, 0.1) is 0 Å². The number of carbonyl (C=O) groups is 2. The Bertz CT molecular complexity index is 1140. The first-order valence-corrected chi connectivity index (χ1v) is 23.7. The summed E-state index contributed by atoms with van der Waals surface area (Å²) < 4.78 is 0. The van der Waals surface area contributed by atoms with E-state index in [1.54, 1.807) is 0 Å². The second-order valence-electron chi connectivity index (χ2n) is 16.5. The number of unbranched alkanes of at least 4 members (excludes halogenated alkanes) is 20. The normalized spacial score (nSPS) is 11.3. The molecule has 0 saturated carbocycles. The third-order valence-corrected chi connectivity index (χ3v) is 11.0. The molecule has 2 rings (SSSR count). The Balaban J connectivity index is 1.85. The summed E-state index contributed by atoms with van der Waals surface area (Å²) in [5.41, 5.74) is 3.76. The molecular weight excluding hydrogens is 705 g/mol. The number of nitrogens with zero attached hydrogens (tertiary/aromatic N) is 2. The van der Waals surface area contributed by atoms with E-state index in [-0.39, 0.29) is 12.1 Å². The molecule has 324 valence electrons. The molecule has 0 aliphatic rings. The fraction of sp³-hybridized carbons (Fsp3) is 0.714. The number of carbonyl (C=O) groups excluding carboxylic acids is 2. The van der Waals surface area contributed by atoms with Gasteiger partial charge in [-0.25, -0.2) is 9.59 Å². The quantitative estimate of drug-likeness (QED) is 0.0409. The molecule has 0 unspecified atom stereocenters. The molecule has 4 N–H and O–H groups in total. The average Bonchev–Trinajstić information content (AvgIpc) is 3.20. The molecule has 0 spiro atoms. The van der Waals surface area contributed by atoms with Crippen molar-refractivity contribution in [3.05, 3.63) is 59.7 Å². The molecule has 0 fully saturated rings. The van der Waals surface area contributed by atoms with Gasteiger partial charge in [0.05, 0.1) is 13.3 Å². The van der Waals surface area contributed by atoms with Crippen molar-refractivity contribution in [3.8, 4) is 0 Å². The number of amides is 4. The van der Waals surface area contributed by atoms with Crippen molar-refractivity contribution in [3.63, 3.8) is 0 Å². The van der Waals surface area contributed by atoms with Crippen LogP contribution in [0.25, 0.3) is 0 Å². The highest BCUT2D eigenvalue weighted by atomic mass is 16.2. The maximum Gasteiger partial charge on any atom is 0.320 e. The molecule has 8 heteroatoms. The Morgan fingerprint density at radius 2 is 0.719 bits per heavy atom. The monoisotopic (exact) mass is 791 g/mol. The smallest absolute Gasteiger partial charge is 0.320 e. The number of urea groups is 2. The Morgan fingerprint density at radius 3 is 1.04 bits per heavy atom. The molecule has 0 aliphatic carbocycles. The molecule has 2 aromatic carbocycles. The van der Waals surface area contributed by atoms with Gasteiger partial charge in [0.1, 0.15) is 0 Å². The summed E-state index contributed by atoms with van der Waals surface area (Å²) in [4.78, 5) is 30.9. The van der Waals surface area contributed by atoms with Crippen molar-refractivity contribution in [2.45, 2.75) is 188 Å². The molecule has 8 nitrogen and oxygen atoms in total. The minimum absolute atomic E-state index is 0.169. The molecule has 0 bridgehead atoms. The zero-order valence-corrected chi connectivity index (χ0v) is 37.3. The Hall–Kier alpha value is -3.10. The van der Waals surface area contributed by atoms with E-state index < -0.39 is 0 Å². The van der Waals surface area contributed by atoms with E-state index in [4.69, 9.17) is 0 Å². The zero-order chi connectivity index (χ0) is 41.0. The second kappa shape index (κ2) is 34.9. The van der Waals surface area contributed by atoms with E-state index in [1.165, 1.54) is 154 Å². The van der Waals surface area contributed by atoms with Crippen LogP contribution in [0.15, 0.2) is 48.5 Å². The van der Waals surface area contributed by atoms with Gasteiger partial charge in [-0.2, -0.15) is 0 Å². The summed E-state index contributed by atoms with van der Waals surface area (Å²) in [6.07, 6.45) is 31.4. The van der Waals surface area contributed by atoms with Gasteiger partial charge >= 0.3 is 12.1 Å². The summed E-state index contributed by atoms with van der Waals surface area (Å²) in [6.45, 7) is 14.3. The van der Waals surface area contributed by atoms with Crippen LogP contribution in [-0.2, 0) is 6.42 Å². The Labute approximate surface area is 350 Å². The van der Waals surface area contributed by atoms with Crippen LogP contribution in [0.3, 0.4) is 0 Å². The molecule has 4 amide bonds. The number of hydrogen-bond donors (Lipinski definition) is 4. The summed E-state index contributed by atoms with van der Waals surface area (Å²) in [6, 6.07) is 15.8. The molecular formula is C49H86N6O2. The van der Waals surface area contributed by atoms with E-state index in [9.17, 15) is 9.59 Å². The van der Waals surface area contributed by atoms with Gasteiger partial charge < -0.3 is 21.3 Å². The lowest BCUT2D eigenvalue weighted by Gasteiger charge is -2.23. The van der Waals surface area contributed by atoms with E-state index in [0.29, 0.717) is 19.8 Å². The SMILES string of the molecule is CCCCCCCCN(CCCCCCCC)CNC(=O)Nc1cccc(Cc2cccc(NC(=O)NCN(CCCCCCCC)CCCCCCCC)c2)c1. The van der Waals surface area contributed by atoms with E-state index in [2.05, 4.69) is 70.9 Å². The molecule has 0 heterocycles. The van der Waals surface area contributed by atoms with Crippen molar-refractivity contribution in [1.82, 2.24) is 20.4 Å². The Kier molecular flexibility index (Phi) is 30.6. The van der Waals surface area contributed by atoms with Crippen molar-refractivity contribution in [2.24, 2.45) is 0 Å². The minimum atomic E-state index is -0.169. The molecule has 0 atom stereocenters. The predicted molar refractivity (Wildman–Crippen MR) is 246 cm³/mol. The molecule has 0 saturated heterocycles. The standard InChI is InChI=1S/C49H86N6O2/c1-5-9-13-17-21-25-35-54(36-26-22-18-14-10-6-2)42-50-48(56)52-46-33-29-31-44(40-46)39-45-32-30-34-47(41-45)53-49(57)51-43-55(37-27-23-19-15-11-7-3)38-28-24-20-16-12-8-4/h29-34,40-41H,5-28,35-39,42-43H2,1-4H3,(H2,50,52,56)(H2,51,53,57). The lowest BCUT2D eigenvalue weighted by atomic mass is 10.0. The molecule has 0 radical (unpaired) electrons. The van der Waals surface area contributed by atoms with Gasteiger partial charge in [0.2, 0.25) is 0 Å². The van der Waals surface area contributed by atoms with Crippen molar-refractivity contribution < 1.29 is 9.59 Å². The van der Waals surface area contributed by atoms with Gasteiger partial charge in [0.25, 0.3) is 0 Å². The molecule has 0 aliphatic heterocycles. The van der Waals surface area contributed by atoms with Crippen LogP contribution >= 0.6 is 0 Å². The largest absolute Gasteiger partial charge is 0.325 e. The van der Waals surface area contributed by atoms with Gasteiger partial charge in [-0.3, -0.25) is 9.80 Å². The fourth-order valence-corrected chi connectivity index (χ4v) is 7.47. The van der Waals surface area contributed by atoms with E-state index >= 15 is 0 Å². The maximum absolute atomic E-state index is 13.0. The van der Waals surface area contributed by atoms with Gasteiger partial charge in [-0.15, -0.1) is 0 Å². The lowest BCUT2D eigenvalue weighted by molar-refractivity contribution is 0.223. The first kappa shape index (κ1) is 50.0. The third kappa shape index (κ3) is 27.3. The van der Waals surface area contributed by atoms with E-state index in [1.807, 2.05) is 36.4 Å². The Morgan fingerprint density at radius 1 is 0.421 bits per heavy atom. The number of nitrogens with one attached hydrogen (secondary N) is 4.